The normalized spacial score (nSPS) is 20.4. The summed E-state index contributed by atoms with van der Waals surface area (Å²) in [5.74, 6) is -3.05. The summed E-state index contributed by atoms with van der Waals surface area (Å²) in [6.07, 6.45) is 11.3. The Labute approximate surface area is 786 Å². The Kier molecular flexibility index (Phi) is 28.8. The molecule has 9 aromatic rings. The van der Waals surface area contributed by atoms with E-state index in [1.54, 1.807) is 11.9 Å². The molecular formula is C99H107Cl3F3N21O7. The Morgan fingerprint density at radius 1 is 0.436 bits per heavy atom. The highest BCUT2D eigenvalue weighted by atomic mass is 35.5. The average Bonchev–Trinajstić information content (AvgIpc) is 1.70. The minimum absolute atomic E-state index is 0.0354. The van der Waals surface area contributed by atoms with Crippen LogP contribution < -0.4 is 43.6 Å². The Hall–Kier alpha value is -12.3. The highest BCUT2D eigenvalue weighted by molar-refractivity contribution is 6.37. The second-order valence-electron chi connectivity index (χ2n) is 35.7. The molecule has 692 valence electrons. The average molecular weight is 1870 g/mol. The number of nitriles is 3. The molecule has 6 aromatic carbocycles. The van der Waals surface area contributed by atoms with E-state index < -0.39 is 53.3 Å². The number of ether oxygens (including phenoxy) is 3. The van der Waals surface area contributed by atoms with Crippen LogP contribution in [0.3, 0.4) is 0 Å². The third kappa shape index (κ3) is 20.6. The van der Waals surface area contributed by atoms with Crippen LogP contribution in [-0.4, -0.2) is 251 Å². The third-order valence-corrected chi connectivity index (χ3v) is 28.2. The third-order valence-electron chi connectivity index (χ3n) is 27.2. The fourth-order valence-electron chi connectivity index (χ4n) is 20.2. The van der Waals surface area contributed by atoms with E-state index >= 15 is 0 Å². The van der Waals surface area contributed by atoms with Gasteiger partial charge in [-0.05, 0) is 117 Å². The molecule has 1 saturated carbocycles. The van der Waals surface area contributed by atoms with Crippen LogP contribution in [0.4, 0.5) is 47.7 Å². The number of likely N-dealkylation sites (tertiary alicyclic amines) is 3. The van der Waals surface area contributed by atoms with E-state index in [4.69, 9.17) is 78.9 Å². The number of amides is 4. The second kappa shape index (κ2) is 41.4. The standard InChI is InChI=1S/C34H39ClFN7O2.C33H35ClFN7O2.C32H33ClFN7O3/c1-24(36)33(44)43-19-18-42(22-26(43)12-14-37)32-27-13-17-41(30-11-7-9-25-8-6-10-28(35)31(25)30)23-29(27)38-34(39-32)45-21-20-40-15-4-2-3-5-16-40;1-21(35)32(43)42-17-16-40(18-24(42)10-13-36)31-26-12-14-39(29-7-3-5-22-4-2-6-27(34)30(22)29)19-28(26)37-33(38-31)44-20-25-11-15-41(25)23-8-9-23;1-20(34)31(43)41-14-13-40(17-23(41)9-11-35)30-24-10-12-39(27-8-4-6-22-5-3-7-25(33)29(22)27)18-26(24)36-32(37-30)44-19-21-15-28(42)38(2)16-21/h6-11,26H,1-5,12-13,15-23H2;2-7,23-25H,1,8-12,14-20H2;3-8,21,23H,1,9-10,12-19H2,2H3/t26-;24-,25?;21-,23-/m000/s1. The zero-order valence-corrected chi connectivity index (χ0v) is 76.9. The van der Waals surface area contributed by atoms with E-state index in [9.17, 15) is 48.1 Å². The number of anilines is 6. The molecule has 0 bridgehead atoms. The quantitative estimate of drug-likeness (QED) is 0.0538. The van der Waals surface area contributed by atoms with Crippen LogP contribution in [0.1, 0.15) is 104 Å². The molecule has 1 aliphatic carbocycles. The summed E-state index contributed by atoms with van der Waals surface area (Å²) >= 11 is 20.1. The van der Waals surface area contributed by atoms with E-state index in [0.29, 0.717) is 162 Å². The molecule has 5 atom stereocenters. The number of halogens is 6. The van der Waals surface area contributed by atoms with Crippen molar-refractivity contribution >= 4 is 125 Å². The van der Waals surface area contributed by atoms with Crippen LogP contribution in [0.25, 0.3) is 32.3 Å². The van der Waals surface area contributed by atoms with Crippen LogP contribution in [0.5, 0.6) is 18.0 Å². The van der Waals surface area contributed by atoms with Crippen LogP contribution in [0.2, 0.25) is 15.1 Å². The Morgan fingerprint density at radius 3 is 1.14 bits per heavy atom. The Balaban J connectivity index is 0.000000139. The van der Waals surface area contributed by atoms with Gasteiger partial charge in [-0.2, -0.15) is 45.7 Å². The maximum atomic E-state index is 13.8. The lowest BCUT2D eigenvalue weighted by Crippen LogP contribution is -2.56. The minimum atomic E-state index is -1.04. The molecule has 10 aliphatic rings. The smallest absolute Gasteiger partial charge is 0.318 e. The number of piperazine rings is 3. The molecule has 9 aliphatic heterocycles. The van der Waals surface area contributed by atoms with Crippen LogP contribution >= 0.6 is 34.8 Å². The summed E-state index contributed by atoms with van der Waals surface area (Å²) in [4.78, 5) is 103. The van der Waals surface area contributed by atoms with Crippen molar-refractivity contribution in [3.8, 4) is 36.2 Å². The molecule has 19 rings (SSSR count). The first kappa shape index (κ1) is 92.5. The summed E-state index contributed by atoms with van der Waals surface area (Å²) in [5, 5.41) is 36.8. The lowest BCUT2D eigenvalue weighted by Gasteiger charge is -2.42. The van der Waals surface area contributed by atoms with Gasteiger partial charge in [0.2, 0.25) is 5.91 Å². The van der Waals surface area contributed by atoms with Gasteiger partial charge in [0.15, 0.2) is 17.5 Å². The fourth-order valence-corrected chi connectivity index (χ4v) is 21.1. The number of carbonyl (C=O) groups is 4. The van der Waals surface area contributed by atoms with Gasteiger partial charge >= 0.3 is 18.0 Å². The van der Waals surface area contributed by atoms with Crippen LogP contribution in [-0.2, 0) is 58.1 Å². The fraction of sp³-hybridized carbons (Fsp3) is 0.444. The molecule has 0 spiro atoms. The first-order valence-electron chi connectivity index (χ1n) is 45.9. The number of carbonyl (C=O) groups excluding carboxylic acids is 4. The van der Waals surface area contributed by atoms with Gasteiger partial charge < -0.3 is 63.2 Å². The Bertz CT molecular complexity index is 6070. The van der Waals surface area contributed by atoms with Gasteiger partial charge in [0.25, 0.3) is 17.7 Å². The molecule has 6 saturated heterocycles. The predicted molar refractivity (Wildman–Crippen MR) is 507 cm³/mol. The summed E-state index contributed by atoms with van der Waals surface area (Å²) in [6, 6.07) is 43.2. The lowest BCUT2D eigenvalue weighted by atomic mass is 10.0. The molecule has 133 heavy (non-hydrogen) atoms. The van der Waals surface area contributed by atoms with E-state index in [-0.39, 0.29) is 56.7 Å². The van der Waals surface area contributed by atoms with Crippen molar-refractivity contribution in [2.75, 3.05) is 168 Å². The zero-order valence-electron chi connectivity index (χ0n) is 74.7. The van der Waals surface area contributed by atoms with Gasteiger partial charge in [-0.25, -0.2) is 13.2 Å². The van der Waals surface area contributed by atoms with Crippen molar-refractivity contribution in [2.45, 2.75) is 140 Å². The van der Waals surface area contributed by atoms with E-state index in [2.05, 4.69) is 127 Å². The minimum Gasteiger partial charge on any atom is -0.463 e. The van der Waals surface area contributed by atoms with Gasteiger partial charge in [-0.1, -0.05) is 140 Å². The number of benzene rings is 6. The van der Waals surface area contributed by atoms with Gasteiger partial charge in [0.05, 0.1) is 114 Å². The van der Waals surface area contributed by atoms with Crippen molar-refractivity contribution in [1.82, 2.24) is 59.3 Å². The second-order valence-corrected chi connectivity index (χ2v) is 36.9. The van der Waals surface area contributed by atoms with Crippen molar-refractivity contribution in [2.24, 2.45) is 5.92 Å². The summed E-state index contributed by atoms with van der Waals surface area (Å²) in [5.41, 5.74) is 8.75. The number of aromatic nitrogens is 6. The molecule has 12 heterocycles. The van der Waals surface area contributed by atoms with E-state index in [1.807, 2.05) is 59.5 Å². The topological polar surface area (TPSA) is 284 Å². The number of fused-ring (bicyclic) bond motifs is 6. The van der Waals surface area contributed by atoms with Crippen LogP contribution in [0, 0.1) is 39.9 Å². The molecule has 28 nitrogen and oxygen atoms in total. The van der Waals surface area contributed by atoms with E-state index in [1.165, 1.54) is 53.2 Å². The summed E-state index contributed by atoms with van der Waals surface area (Å²) in [7, 11) is 1.78. The van der Waals surface area contributed by atoms with Crippen molar-refractivity contribution < 1.29 is 46.6 Å². The molecule has 0 N–H and O–H groups in total. The van der Waals surface area contributed by atoms with Gasteiger partial charge in [-0.15, -0.1) is 0 Å². The Morgan fingerprint density at radius 2 is 0.805 bits per heavy atom. The molecule has 7 fully saturated rings. The van der Waals surface area contributed by atoms with Crippen molar-refractivity contribution in [3.05, 3.63) is 195 Å². The van der Waals surface area contributed by atoms with E-state index in [0.717, 1.165) is 140 Å². The number of hydrogen-bond donors (Lipinski definition) is 0. The molecule has 1 unspecified atom stereocenters. The van der Waals surface area contributed by atoms with Crippen molar-refractivity contribution in [3.63, 3.8) is 0 Å². The molecule has 4 amide bonds. The highest BCUT2D eigenvalue weighted by Gasteiger charge is 2.43. The lowest BCUT2D eigenvalue weighted by molar-refractivity contribution is -0.132. The predicted octanol–water partition coefficient (Wildman–Crippen LogP) is 14.5. The molecular weight excluding hydrogens is 1760 g/mol. The first-order valence-corrected chi connectivity index (χ1v) is 47.1. The zero-order chi connectivity index (χ0) is 92.7. The van der Waals surface area contributed by atoms with Gasteiger partial charge in [0.1, 0.15) is 30.7 Å². The van der Waals surface area contributed by atoms with Gasteiger partial charge in [0, 0.05) is 180 Å². The SMILES string of the molecule is C=C(F)C(=O)N1CCN(c2nc(OCC3CCN3C3CC3)nc3c2CCN(c2cccc4cccc(Cl)c24)C3)C[C@@H]1CC#N.C=C(F)C(=O)N1CCN(c2nc(OCCN3CCCCCC3)nc3c2CCN(c2cccc4cccc(Cl)c24)C3)C[C@@H]1CC#N.C=C(F)C(=O)N1CCN(c2nc(OC[C@H]3CC(=O)N(C)C3)nc3c2CCN(c2cccc4cccc(Cl)c24)C3)C[C@@H]1CC#N. The summed E-state index contributed by atoms with van der Waals surface area (Å²) < 4.78 is 60.1. The molecule has 3 aromatic heterocycles. The number of nitrogens with zero attached hydrogens (tertiary/aromatic N) is 21. The number of hydrogen-bond acceptors (Lipinski definition) is 24. The maximum absolute atomic E-state index is 13.8. The molecule has 34 heteroatoms. The monoisotopic (exact) mass is 1860 g/mol. The maximum Gasteiger partial charge on any atom is 0.318 e. The van der Waals surface area contributed by atoms with Crippen LogP contribution in [0.15, 0.2) is 146 Å². The number of rotatable bonds is 23. The first-order chi connectivity index (χ1) is 64.6. The summed E-state index contributed by atoms with van der Waals surface area (Å²) in [6.45, 7) is 22.4. The van der Waals surface area contributed by atoms with Crippen molar-refractivity contribution in [1.29, 1.82) is 15.8 Å². The van der Waals surface area contributed by atoms with Gasteiger partial charge in [-0.3, -0.25) is 29.0 Å². The molecule has 0 radical (unpaired) electrons. The highest BCUT2D eigenvalue weighted by Crippen LogP contribution is 2.44. The largest absolute Gasteiger partial charge is 0.463 e.